The molecule has 0 aliphatic rings. The summed E-state index contributed by atoms with van der Waals surface area (Å²) in [6.07, 6.45) is 0.251. The van der Waals surface area contributed by atoms with E-state index in [-0.39, 0.29) is 17.9 Å². The lowest BCUT2D eigenvalue weighted by molar-refractivity contribution is -0.117. The van der Waals surface area contributed by atoms with E-state index in [9.17, 15) is 9.59 Å². The molecule has 4 N–H and O–H groups in total. The van der Waals surface area contributed by atoms with E-state index in [1.165, 1.54) is 12.1 Å². The van der Waals surface area contributed by atoms with Crippen LogP contribution in [0.4, 0.5) is 5.69 Å². The van der Waals surface area contributed by atoms with Crippen molar-refractivity contribution in [1.82, 2.24) is 0 Å². The van der Waals surface area contributed by atoms with Gasteiger partial charge in [-0.25, -0.2) is 4.79 Å². The molecule has 1 rings (SSSR count). The topological polar surface area (TPSA) is 92.4 Å². The van der Waals surface area contributed by atoms with Crippen molar-refractivity contribution >= 4 is 17.6 Å². The van der Waals surface area contributed by atoms with E-state index in [0.717, 1.165) is 5.69 Å². The van der Waals surface area contributed by atoms with Crippen LogP contribution in [0.5, 0.6) is 0 Å². The van der Waals surface area contributed by atoms with Gasteiger partial charge in [0, 0.05) is 18.7 Å². The quantitative estimate of drug-likeness (QED) is 0.663. The predicted octanol–water partition coefficient (Wildman–Crippen LogP) is 0.672. The van der Waals surface area contributed by atoms with Gasteiger partial charge in [0.15, 0.2) is 0 Å². The van der Waals surface area contributed by atoms with Gasteiger partial charge in [-0.15, -0.1) is 0 Å². The monoisotopic (exact) mass is 208 g/mol. The van der Waals surface area contributed by atoms with Gasteiger partial charge < -0.3 is 16.2 Å². The minimum absolute atomic E-state index is 0.232. The Morgan fingerprint density at radius 1 is 1.27 bits per heavy atom. The van der Waals surface area contributed by atoms with E-state index in [2.05, 4.69) is 5.32 Å². The molecule has 0 spiro atoms. The molecule has 0 aliphatic heterocycles. The van der Waals surface area contributed by atoms with Gasteiger partial charge >= 0.3 is 5.97 Å². The number of nitrogens with one attached hydrogen (secondary N) is 1. The molecule has 0 aromatic heterocycles. The fourth-order valence-electron chi connectivity index (χ4n) is 1.06. The highest BCUT2D eigenvalue weighted by molar-refractivity contribution is 5.88. The van der Waals surface area contributed by atoms with Crippen molar-refractivity contribution in [3.63, 3.8) is 0 Å². The Hall–Kier alpha value is -2.04. The summed E-state index contributed by atoms with van der Waals surface area (Å²) in [6.45, 7) is 0.446. The molecule has 80 valence electrons. The summed E-state index contributed by atoms with van der Waals surface area (Å²) in [5, 5.41) is 11.6. The van der Waals surface area contributed by atoms with Crippen LogP contribution in [0.2, 0.25) is 0 Å². The molecule has 0 heterocycles. The average Bonchev–Trinajstić information content (AvgIpc) is 2.18. The van der Waals surface area contributed by atoms with Crippen molar-refractivity contribution in [3.05, 3.63) is 29.8 Å². The van der Waals surface area contributed by atoms with Crippen LogP contribution in [0, 0.1) is 0 Å². The molecule has 0 unspecified atom stereocenters. The highest BCUT2D eigenvalue weighted by Crippen LogP contribution is 2.09. The number of aromatic carboxylic acids is 1. The number of benzene rings is 1. The van der Waals surface area contributed by atoms with Crippen LogP contribution in [0.3, 0.4) is 0 Å². The number of anilines is 1. The second kappa shape index (κ2) is 4.99. The number of carbonyl (C=O) groups excluding carboxylic acids is 1. The zero-order valence-electron chi connectivity index (χ0n) is 8.06. The largest absolute Gasteiger partial charge is 0.478 e. The van der Waals surface area contributed by atoms with Crippen molar-refractivity contribution in [1.29, 1.82) is 0 Å². The predicted molar refractivity (Wildman–Crippen MR) is 55.7 cm³/mol. The Morgan fingerprint density at radius 3 is 2.33 bits per heavy atom. The van der Waals surface area contributed by atoms with Crippen LogP contribution in [-0.4, -0.2) is 23.5 Å². The van der Waals surface area contributed by atoms with Crippen LogP contribution in [-0.2, 0) is 4.79 Å². The lowest BCUT2D eigenvalue weighted by atomic mass is 10.2. The second-order valence-corrected chi connectivity index (χ2v) is 3.03. The first-order valence-corrected chi connectivity index (χ1v) is 4.45. The number of amides is 1. The van der Waals surface area contributed by atoms with Crippen LogP contribution >= 0.6 is 0 Å². The maximum atomic E-state index is 10.5. The Balaban J connectivity index is 2.50. The summed E-state index contributed by atoms with van der Waals surface area (Å²) in [5.74, 6) is -1.33. The highest BCUT2D eigenvalue weighted by Gasteiger charge is 2.01. The smallest absolute Gasteiger partial charge is 0.335 e. The Bertz CT molecular complexity index is 359. The van der Waals surface area contributed by atoms with E-state index in [1.54, 1.807) is 12.1 Å². The number of hydrogen-bond donors (Lipinski definition) is 3. The maximum absolute atomic E-state index is 10.5. The van der Waals surface area contributed by atoms with E-state index >= 15 is 0 Å². The third kappa shape index (κ3) is 3.68. The summed E-state index contributed by atoms with van der Waals surface area (Å²) >= 11 is 0. The van der Waals surface area contributed by atoms with Gasteiger partial charge in [-0.3, -0.25) is 4.79 Å². The summed E-state index contributed by atoms with van der Waals surface area (Å²) in [6, 6.07) is 6.28. The Labute approximate surface area is 86.9 Å². The van der Waals surface area contributed by atoms with Crippen molar-refractivity contribution in [2.24, 2.45) is 5.73 Å². The molecule has 5 nitrogen and oxygen atoms in total. The number of carboxylic acids is 1. The normalized spacial score (nSPS) is 9.60. The van der Waals surface area contributed by atoms with Gasteiger partial charge in [0.25, 0.3) is 0 Å². The van der Waals surface area contributed by atoms with Crippen molar-refractivity contribution in [2.75, 3.05) is 11.9 Å². The van der Waals surface area contributed by atoms with Crippen LogP contribution < -0.4 is 11.1 Å². The standard InChI is InChI=1S/C10H12N2O3/c11-9(13)5-6-12-8-3-1-7(2-4-8)10(14)15/h1-4,12H,5-6H2,(H2,11,13)(H,14,15). The lowest BCUT2D eigenvalue weighted by Gasteiger charge is -2.04. The van der Waals surface area contributed by atoms with Gasteiger partial charge in [0.1, 0.15) is 0 Å². The van der Waals surface area contributed by atoms with Crippen molar-refractivity contribution in [3.8, 4) is 0 Å². The fourth-order valence-corrected chi connectivity index (χ4v) is 1.06. The van der Waals surface area contributed by atoms with Gasteiger partial charge in [0.05, 0.1) is 5.56 Å². The number of primary amides is 1. The first-order valence-electron chi connectivity index (χ1n) is 4.45. The number of hydrogen-bond acceptors (Lipinski definition) is 3. The molecular formula is C10H12N2O3. The average molecular weight is 208 g/mol. The number of carbonyl (C=O) groups is 2. The zero-order valence-corrected chi connectivity index (χ0v) is 8.06. The van der Waals surface area contributed by atoms with Gasteiger partial charge in [-0.1, -0.05) is 0 Å². The first-order chi connectivity index (χ1) is 7.09. The molecule has 0 atom stereocenters. The van der Waals surface area contributed by atoms with Crippen LogP contribution in [0.1, 0.15) is 16.8 Å². The number of rotatable bonds is 5. The first kappa shape index (κ1) is 11.0. The molecule has 0 saturated heterocycles. The molecule has 0 bridgehead atoms. The van der Waals surface area contributed by atoms with Crippen molar-refractivity contribution in [2.45, 2.75) is 6.42 Å². The lowest BCUT2D eigenvalue weighted by Crippen LogP contribution is -2.15. The zero-order chi connectivity index (χ0) is 11.3. The minimum Gasteiger partial charge on any atom is -0.478 e. The van der Waals surface area contributed by atoms with Crippen LogP contribution in [0.25, 0.3) is 0 Å². The molecule has 0 fully saturated rings. The molecule has 1 amide bonds. The number of nitrogens with two attached hydrogens (primary N) is 1. The minimum atomic E-state index is -0.960. The summed E-state index contributed by atoms with van der Waals surface area (Å²) in [4.78, 5) is 21.0. The van der Waals surface area contributed by atoms with Gasteiger partial charge in [-0.05, 0) is 24.3 Å². The van der Waals surface area contributed by atoms with Gasteiger partial charge in [-0.2, -0.15) is 0 Å². The van der Waals surface area contributed by atoms with E-state index in [4.69, 9.17) is 10.8 Å². The van der Waals surface area contributed by atoms with Crippen LogP contribution in [0.15, 0.2) is 24.3 Å². The molecule has 15 heavy (non-hydrogen) atoms. The molecule has 5 heteroatoms. The molecule has 0 aliphatic carbocycles. The molecular weight excluding hydrogens is 196 g/mol. The van der Waals surface area contributed by atoms with E-state index in [1.807, 2.05) is 0 Å². The van der Waals surface area contributed by atoms with E-state index in [0.29, 0.717) is 6.54 Å². The second-order valence-electron chi connectivity index (χ2n) is 3.03. The van der Waals surface area contributed by atoms with Crippen molar-refractivity contribution < 1.29 is 14.7 Å². The third-order valence-corrected chi connectivity index (χ3v) is 1.83. The maximum Gasteiger partial charge on any atom is 0.335 e. The molecule has 1 aromatic rings. The van der Waals surface area contributed by atoms with E-state index < -0.39 is 5.97 Å². The molecule has 0 saturated carbocycles. The highest BCUT2D eigenvalue weighted by atomic mass is 16.4. The van der Waals surface area contributed by atoms with Gasteiger partial charge in [0.2, 0.25) is 5.91 Å². The summed E-state index contributed by atoms with van der Waals surface area (Å²) in [5.41, 5.74) is 5.96. The Morgan fingerprint density at radius 2 is 1.87 bits per heavy atom. The SMILES string of the molecule is NC(=O)CCNc1ccc(C(=O)O)cc1. The summed E-state index contributed by atoms with van der Waals surface area (Å²) in [7, 11) is 0. The fraction of sp³-hybridized carbons (Fsp3) is 0.200. The number of carboxylic acid groups (broad SMARTS) is 1. The Kier molecular flexibility index (Phi) is 3.68. The third-order valence-electron chi connectivity index (χ3n) is 1.83. The molecule has 0 radical (unpaired) electrons. The molecule has 1 aromatic carbocycles. The summed E-state index contributed by atoms with van der Waals surface area (Å²) < 4.78 is 0.